The van der Waals surface area contributed by atoms with E-state index in [2.05, 4.69) is 50.1 Å². The van der Waals surface area contributed by atoms with Crippen LogP contribution in [0.1, 0.15) is 62.3 Å². The number of aromatic nitrogens is 4. The van der Waals surface area contributed by atoms with Crippen LogP contribution in [0.4, 0.5) is 5.13 Å². The second kappa shape index (κ2) is 13.7. The van der Waals surface area contributed by atoms with Gasteiger partial charge in [0.1, 0.15) is 12.3 Å². The molecule has 3 fully saturated rings. The van der Waals surface area contributed by atoms with Gasteiger partial charge in [0, 0.05) is 61.8 Å². The van der Waals surface area contributed by atoms with Gasteiger partial charge in [-0.15, -0.1) is 0 Å². The van der Waals surface area contributed by atoms with Crippen molar-refractivity contribution >= 4 is 38.5 Å². The van der Waals surface area contributed by atoms with E-state index in [1.54, 1.807) is 24.7 Å². The fraction of sp³-hybridized carbons (Fsp3) is 0.486. The number of anilines is 1. The molecule has 246 valence electrons. The van der Waals surface area contributed by atoms with E-state index >= 15 is 0 Å². The first-order valence-corrected chi connectivity index (χ1v) is 17.4. The number of hydrogen-bond donors (Lipinski definition) is 2. The van der Waals surface area contributed by atoms with Crippen LogP contribution in [0.2, 0.25) is 0 Å². The van der Waals surface area contributed by atoms with E-state index in [1.807, 2.05) is 29.2 Å². The number of hydrogen-bond acceptors (Lipinski definition) is 10. The Morgan fingerprint density at radius 2 is 1.89 bits per heavy atom. The maximum atomic E-state index is 13.2. The molecule has 4 heterocycles. The van der Waals surface area contributed by atoms with Crippen molar-refractivity contribution in [1.82, 2.24) is 29.7 Å². The fourth-order valence-electron chi connectivity index (χ4n) is 7.01. The normalized spacial score (nSPS) is 24.9. The summed E-state index contributed by atoms with van der Waals surface area (Å²) in [6.07, 6.45) is 8.94. The molecule has 2 N–H and O–H groups in total. The zero-order valence-corrected chi connectivity index (χ0v) is 27.6. The first kappa shape index (κ1) is 31.7. The van der Waals surface area contributed by atoms with Crippen molar-refractivity contribution in [3.05, 3.63) is 66.5 Å². The lowest BCUT2D eigenvalue weighted by molar-refractivity contribution is -0.125. The molecule has 1 saturated heterocycles. The molecule has 0 bridgehead atoms. The number of rotatable bonds is 9. The van der Waals surface area contributed by atoms with Gasteiger partial charge >= 0.3 is 0 Å². The third-order valence-corrected chi connectivity index (χ3v) is 10.8. The third-order valence-electron chi connectivity index (χ3n) is 9.86. The maximum absolute atomic E-state index is 13.2. The minimum atomic E-state index is -0.400. The Morgan fingerprint density at radius 1 is 1.06 bits per heavy atom. The van der Waals surface area contributed by atoms with E-state index in [-0.39, 0.29) is 36.5 Å². The average molecular weight is 656 g/mol. The highest BCUT2D eigenvalue weighted by Gasteiger charge is 2.43. The van der Waals surface area contributed by atoms with Gasteiger partial charge < -0.3 is 20.1 Å². The Morgan fingerprint density at radius 3 is 2.62 bits per heavy atom. The number of nitrogens with one attached hydrogen (secondary N) is 1. The topological polar surface area (TPSA) is 134 Å². The van der Waals surface area contributed by atoms with Gasteiger partial charge in [0.05, 0.1) is 22.4 Å². The maximum Gasteiger partial charge on any atom is 0.272 e. The number of aliphatic hydroxyl groups excluding tert-OH is 1. The predicted molar refractivity (Wildman–Crippen MR) is 180 cm³/mol. The van der Waals surface area contributed by atoms with Crippen LogP contribution in [0.25, 0.3) is 21.3 Å². The van der Waals surface area contributed by atoms with Gasteiger partial charge in [0.2, 0.25) is 5.91 Å². The number of piperazine rings is 1. The van der Waals surface area contributed by atoms with Crippen LogP contribution in [0.5, 0.6) is 0 Å². The Labute approximate surface area is 278 Å². The SMILES string of the molecule is CC(C)[C@H]1CN(C(=O)c2ccccn2)CCN1C1CC(C(=O)Nc2nc3ccc(-c4cnc(CO[C@H]5CCC[C@@H]5O)nc4)cc3s2)C1. The lowest BCUT2D eigenvalue weighted by Gasteiger charge is -2.51. The van der Waals surface area contributed by atoms with E-state index in [4.69, 9.17) is 4.74 Å². The van der Waals surface area contributed by atoms with E-state index in [9.17, 15) is 14.7 Å². The minimum absolute atomic E-state index is 0.0157. The summed E-state index contributed by atoms with van der Waals surface area (Å²) in [4.78, 5) is 48.6. The number of nitrogens with zero attached hydrogens (tertiary/aromatic N) is 6. The number of fused-ring (bicyclic) bond motifs is 1. The van der Waals surface area contributed by atoms with Crippen LogP contribution in [-0.2, 0) is 16.1 Å². The summed E-state index contributed by atoms with van der Waals surface area (Å²) in [5.74, 6) is 0.915. The standard InChI is InChI=1S/C35H41N7O4S/c1-21(2)28-19-41(34(45)27-6-3-4-11-36-27)12-13-42(28)25-14-23(15-25)33(44)40-35-39-26-10-9-22(16-31(26)47-35)24-17-37-32(38-18-24)20-46-30-8-5-7-29(30)43/h3-4,6,9-11,16-18,21,23,25,28-30,43H,5,7-8,12-15,19-20H2,1-2H3,(H,39,40,44)/t23?,25?,28-,29+,30+/m1/s1. The van der Waals surface area contributed by atoms with Crippen LogP contribution in [0.15, 0.2) is 55.0 Å². The molecule has 2 saturated carbocycles. The molecule has 2 aliphatic carbocycles. The van der Waals surface area contributed by atoms with Gasteiger partial charge in [-0.05, 0) is 67.9 Å². The second-order valence-corrected chi connectivity index (χ2v) is 14.3. The van der Waals surface area contributed by atoms with E-state index in [0.29, 0.717) is 41.7 Å². The van der Waals surface area contributed by atoms with Crippen LogP contribution >= 0.6 is 11.3 Å². The lowest BCUT2D eigenvalue weighted by atomic mass is 9.77. The molecule has 3 atom stereocenters. The van der Waals surface area contributed by atoms with Crippen molar-refractivity contribution in [2.24, 2.45) is 11.8 Å². The Hall–Kier alpha value is -3.84. The monoisotopic (exact) mass is 655 g/mol. The highest BCUT2D eigenvalue weighted by atomic mass is 32.1. The van der Waals surface area contributed by atoms with Gasteiger partial charge in [-0.3, -0.25) is 19.5 Å². The quantitative estimate of drug-likeness (QED) is 0.261. The number of thiazole rings is 1. The summed E-state index contributed by atoms with van der Waals surface area (Å²) in [7, 11) is 0. The second-order valence-electron chi connectivity index (χ2n) is 13.3. The number of ether oxygens (including phenoxy) is 1. The summed E-state index contributed by atoms with van der Waals surface area (Å²) in [5, 5.41) is 13.6. The predicted octanol–water partition coefficient (Wildman–Crippen LogP) is 4.78. The summed E-state index contributed by atoms with van der Waals surface area (Å²) < 4.78 is 6.79. The Kier molecular flexibility index (Phi) is 9.26. The molecule has 3 aliphatic rings. The van der Waals surface area contributed by atoms with Gasteiger partial charge in [0.15, 0.2) is 11.0 Å². The molecule has 7 rings (SSSR count). The summed E-state index contributed by atoms with van der Waals surface area (Å²) in [5.41, 5.74) is 3.18. The van der Waals surface area contributed by atoms with E-state index in [1.165, 1.54) is 11.3 Å². The summed E-state index contributed by atoms with van der Waals surface area (Å²) >= 11 is 1.47. The van der Waals surface area contributed by atoms with Gasteiger partial charge in [-0.25, -0.2) is 15.0 Å². The molecule has 11 nitrogen and oxygen atoms in total. The molecule has 1 aromatic carbocycles. The van der Waals surface area contributed by atoms with Crippen molar-refractivity contribution < 1.29 is 19.4 Å². The Balaban J connectivity index is 0.925. The molecule has 3 aromatic heterocycles. The number of amides is 2. The molecule has 47 heavy (non-hydrogen) atoms. The molecule has 12 heteroatoms. The van der Waals surface area contributed by atoms with E-state index < -0.39 is 6.10 Å². The minimum Gasteiger partial charge on any atom is -0.390 e. The van der Waals surface area contributed by atoms with Crippen LogP contribution in [0.3, 0.4) is 0 Å². The smallest absolute Gasteiger partial charge is 0.272 e. The van der Waals surface area contributed by atoms with Crippen molar-refractivity contribution in [2.75, 3.05) is 25.0 Å². The fourth-order valence-corrected chi connectivity index (χ4v) is 7.91. The molecular weight excluding hydrogens is 614 g/mol. The lowest BCUT2D eigenvalue weighted by Crippen LogP contribution is -2.62. The highest BCUT2D eigenvalue weighted by Crippen LogP contribution is 2.37. The number of aliphatic hydroxyl groups is 1. The largest absolute Gasteiger partial charge is 0.390 e. The third kappa shape index (κ3) is 6.92. The number of carbonyl (C=O) groups excluding carboxylic acids is 2. The summed E-state index contributed by atoms with van der Waals surface area (Å²) in [6.45, 7) is 6.82. The first-order chi connectivity index (χ1) is 22.8. The molecule has 0 spiro atoms. The average Bonchev–Trinajstić information content (AvgIpc) is 3.67. The van der Waals surface area contributed by atoms with Gasteiger partial charge in [-0.1, -0.05) is 37.3 Å². The van der Waals surface area contributed by atoms with Crippen molar-refractivity contribution in [2.45, 2.75) is 76.9 Å². The highest BCUT2D eigenvalue weighted by molar-refractivity contribution is 7.22. The number of pyridine rings is 1. The zero-order chi connectivity index (χ0) is 32.5. The van der Waals surface area contributed by atoms with Crippen LogP contribution in [0, 0.1) is 11.8 Å². The molecular formula is C35H41N7O4S. The van der Waals surface area contributed by atoms with Gasteiger partial charge in [-0.2, -0.15) is 0 Å². The van der Waals surface area contributed by atoms with Crippen molar-refractivity contribution in [1.29, 1.82) is 0 Å². The number of benzene rings is 1. The molecule has 2 amide bonds. The van der Waals surface area contributed by atoms with Crippen molar-refractivity contribution in [3.8, 4) is 11.1 Å². The van der Waals surface area contributed by atoms with Crippen molar-refractivity contribution in [3.63, 3.8) is 0 Å². The van der Waals surface area contributed by atoms with E-state index in [0.717, 1.165) is 60.0 Å². The molecule has 0 unspecified atom stereocenters. The molecule has 1 aliphatic heterocycles. The number of carbonyl (C=O) groups is 2. The van der Waals surface area contributed by atoms with Crippen LogP contribution < -0.4 is 5.32 Å². The van der Waals surface area contributed by atoms with Crippen LogP contribution in [-0.4, -0.2) is 90.6 Å². The zero-order valence-electron chi connectivity index (χ0n) is 26.8. The summed E-state index contributed by atoms with van der Waals surface area (Å²) in [6, 6.07) is 12.0. The van der Waals surface area contributed by atoms with Gasteiger partial charge in [0.25, 0.3) is 5.91 Å². The Bertz CT molecular complexity index is 1710. The first-order valence-electron chi connectivity index (χ1n) is 16.6. The molecule has 0 radical (unpaired) electrons. The molecule has 4 aromatic rings.